The number of cyclic esters (lactones) is 1. The first-order valence-corrected chi connectivity index (χ1v) is 12.4. The first-order valence-electron chi connectivity index (χ1n) is 12.4. The van der Waals surface area contributed by atoms with Gasteiger partial charge in [-0.3, -0.25) is 19.7 Å². The number of hydrogen-bond acceptors (Lipinski definition) is 7. The number of esters is 1. The Morgan fingerprint density at radius 3 is 2.51 bits per heavy atom. The summed E-state index contributed by atoms with van der Waals surface area (Å²) in [6, 6.07) is 0. The maximum absolute atomic E-state index is 13.0. The predicted octanol–water partition coefficient (Wildman–Crippen LogP) is 3.19. The van der Waals surface area contributed by atoms with E-state index in [0.717, 1.165) is 0 Å². The van der Waals surface area contributed by atoms with Crippen LogP contribution in [0.2, 0.25) is 0 Å². The Labute approximate surface area is 207 Å². The van der Waals surface area contributed by atoms with Gasteiger partial charge in [-0.25, -0.2) is 4.79 Å². The van der Waals surface area contributed by atoms with Gasteiger partial charge >= 0.3 is 5.97 Å². The fourth-order valence-electron chi connectivity index (χ4n) is 4.61. The van der Waals surface area contributed by atoms with Crippen molar-refractivity contribution in [3.8, 4) is 0 Å². The molecule has 2 N–H and O–H groups in total. The molecule has 0 aliphatic carbocycles. The van der Waals surface area contributed by atoms with Crippen LogP contribution in [-0.2, 0) is 28.7 Å². The molecule has 2 aliphatic rings. The number of imide groups is 1. The highest BCUT2D eigenvalue weighted by Crippen LogP contribution is 2.25. The summed E-state index contributed by atoms with van der Waals surface area (Å²) < 4.78 is 11.1. The Kier molecular flexibility index (Phi) is 11.5. The summed E-state index contributed by atoms with van der Waals surface area (Å²) >= 11 is 0. The van der Waals surface area contributed by atoms with Crippen LogP contribution in [0.25, 0.3) is 0 Å². The van der Waals surface area contributed by atoms with Gasteiger partial charge in [-0.05, 0) is 44.1 Å². The molecule has 2 heterocycles. The predicted molar refractivity (Wildman–Crippen MR) is 131 cm³/mol. The lowest BCUT2D eigenvalue weighted by Crippen LogP contribution is -2.38. The molecular weight excluding hydrogens is 450 g/mol. The largest absolute Gasteiger partial charge is 0.454 e. The number of allylic oxidation sites excluding steroid dienone is 2. The zero-order valence-electron chi connectivity index (χ0n) is 21.2. The Balaban J connectivity index is 2.11. The quantitative estimate of drug-likeness (QED) is 0.320. The SMILES string of the molecule is CO[C@H]1/C=C/CCC=CC(=O)OC([C@H](C)C(=O)CCCC2CC(=O)NC(=O)C2)/C(C)=C\[C@@H](C)[C@@H]1O. The lowest BCUT2D eigenvalue weighted by molar-refractivity contribution is -0.145. The van der Waals surface area contributed by atoms with Crippen LogP contribution < -0.4 is 5.32 Å². The topological polar surface area (TPSA) is 119 Å². The second-order valence-electron chi connectivity index (χ2n) is 9.62. The number of ketones is 1. The summed E-state index contributed by atoms with van der Waals surface area (Å²) in [5.41, 5.74) is 0.685. The molecule has 2 aliphatic heterocycles. The average molecular weight is 490 g/mol. The van der Waals surface area contributed by atoms with Crippen molar-refractivity contribution in [2.24, 2.45) is 17.8 Å². The molecule has 2 rings (SSSR count). The number of hydrogen-bond donors (Lipinski definition) is 2. The molecule has 8 nitrogen and oxygen atoms in total. The van der Waals surface area contributed by atoms with E-state index in [1.165, 1.54) is 6.08 Å². The van der Waals surface area contributed by atoms with Crippen molar-refractivity contribution < 1.29 is 33.8 Å². The second kappa shape index (κ2) is 14.1. The normalized spacial score (nSPS) is 30.4. The molecule has 2 amide bonds. The molecule has 0 radical (unpaired) electrons. The molecule has 0 aromatic rings. The number of aliphatic hydroxyl groups is 1. The fourth-order valence-corrected chi connectivity index (χ4v) is 4.61. The van der Waals surface area contributed by atoms with Crippen LogP contribution in [0.4, 0.5) is 0 Å². The van der Waals surface area contributed by atoms with Crippen molar-refractivity contribution in [2.75, 3.05) is 7.11 Å². The van der Waals surface area contributed by atoms with Crippen LogP contribution in [0.1, 0.15) is 65.7 Å². The summed E-state index contributed by atoms with van der Waals surface area (Å²) in [7, 11) is 1.55. The van der Waals surface area contributed by atoms with Gasteiger partial charge in [-0.15, -0.1) is 0 Å². The minimum atomic E-state index is -0.803. The van der Waals surface area contributed by atoms with E-state index in [-0.39, 0.29) is 35.9 Å². The van der Waals surface area contributed by atoms with Gasteiger partial charge in [0.05, 0.1) is 12.0 Å². The number of nitrogens with one attached hydrogen (secondary N) is 1. The van der Waals surface area contributed by atoms with Gasteiger partial charge in [0.15, 0.2) is 0 Å². The number of carbonyl (C=O) groups is 4. The Hall–Kier alpha value is -2.58. The van der Waals surface area contributed by atoms with E-state index >= 15 is 0 Å². The van der Waals surface area contributed by atoms with Crippen LogP contribution >= 0.6 is 0 Å². The van der Waals surface area contributed by atoms with E-state index in [2.05, 4.69) is 5.32 Å². The lowest BCUT2D eigenvalue weighted by atomic mass is 9.86. The third kappa shape index (κ3) is 9.18. The number of carbonyl (C=O) groups excluding carboxylic acids is 4. The first kappa shape index (κ1) is 28.7. The van der Waals surface area contributed by atoms with Crippen LogP contribution in [0.3, 0.4) is 0 Å². The number of ether oxygens (including phenoxy) is 2. The number of amides is 2. The fraction of sp³-hybridized carbons (Fsp3) is 0.630. The molecule has 0 bridgehead atoms. The summed E-state index contributed by atoms with van der Waals surface area (Å²) in [5.74, 6) is -2.06. The molecule has 0 aromatic heterocycles. The van der Waals surface area contributed by atoms with Gasteiger partial charge in [0.1, 0.15) is 18.0 Å². The van der Waals surface area contributed by atoms with Gasteiger partial charge in [-0.2, -0.15) is 0 Å². The van der Waals surface area contributed by atoms with E-state index in [9.17, 15) is 24.3 Å². The molecule has 5 atom stereocenters. The summed E-state index contributed by atoms with van der Waals surface area (Å²) in [5, 5.41) is 13.1. The van der Waals surface area contributed by atoms with E-state index in [0.29, 0.717) is 44.1 Å². The number of piperidine rings is 1. The Morgan fingerprint density at radius 2 is 1.86 bits per heavy atom. The molecule has 1 fully saturated rings. The lowest BCUT2D eigenvalue weighted by Gasteiger charge is -2.27. The molecule has 1 unspecified atom stereocenters. The highest BCUT2D eigenvalue weighted by molar-refractivity contribution is 5.97. The average Bonchev–Trinajstić information content (AvgIpc) is 2.79. The van der Waals surface area contributed by atoms with Crippen LogP contribution in [0.15, 0.2) is 36.0 Å². The van der Waals surface area contributed by atoms with Crippen LogP contribution in [-0.4, -0.2) is 54.1 Å². The molecule has 0 spiro atoms. The zero-order chi connectivity index (χ0) is 26.0. The van der Waals surface area contributed by atoms with Gasteiger partial charge < -0.3 is 14.6 Å². The molecular formula is C27H39NO7. The van der Waals surface area contributed by atoms with E-state index < -0.39 is 30.2 Å². The number of aliphatic hydroxyl groups excluding tert-OH is 1. The van der Waals surface area contributed by atoms with E-state index in [1.54, 1.807) is 27.0 Å². The third-order valence-electron chi connectivity index (χ3n) is 6.67. The molecule has 35 heavy (non-hydrogen) atoms. The summed E-state index contributed by atoms with van der Waals surface area (Å²) in [6.07, 6.45) is 9.96. The monoisotopic (exact) mass is 489 g/mol. The summed E-state index contributed by atoms with van der Waals surface area (Å²) in [4.78, 5) is 48.6. The minimum absolute atomic E-state index is 0.0524. The van der Waals surface area contributed by atoms with Crippen molar-refractivity contribution in [1.82, 2.24) is 5.32 Å². The highest BCUT2D eigenvalue weighted by atomic mass is 16.5. The van der Waals surface area contributed by atoms with Gasteiger partial charge in [0.2, 0.25) is 11.8 Å². The molecule has 8 heteroatoms. The Bertz CT molecular complexity index is 844. The summed E-state index contributed by atoms with van der Waals surface area (Å²) in [6.45, 7) is 5.39. The van der Waals surface area contributed by atoms with Crippen molar-refractivity contribution in [3.05, 3.63) is 36.0 Å². The van der Waals surface area contributed by atoms with E-state index in [4.69, 9.17) is 9.47 Å². The van der Waals surface area contributed by atoms with Crippen LogP contribution in [0.5, 0.6) is 0 Å². The van der Waals surface area contributed by atoms with Crippen molar-refractivity contribution in [3.63, 3.8) is 0 Å². The minimum Gasteiger partial charge on any atom is -0.454 e. The van der Waals surface area contributed by atoms with Crippen molar-refractivity contribution in [2.45, 2.75) is 84.0 Å². The number of Topliss-reactive ketones (excluding diaryl/α,β-unsaturated/α-hetero) is 1. The van der Waals surface area contributed by atoms with E-state index in [1.807, 2.05) is 25.2 Å². The maximum Gasteiger partial charge on any atom is 0.331 e. The molecule has 0 saturated carbocycles. The standard InChI is InChI=1S/C27H39NO7/c1-17-14-18(2)27(35-25(32)13-8-6-5-7-12-22(34-4)26(17)33)19(3)21(29)11-9-10-20-15-23(30)28-24(31)16-20/h7-8,12-14,17,19-20,22,26-27,33H,5-6,9-11,15-16H2,1-4H3,(H,28,30,31)/b12-7+,13-8?,18-14-/t17-,19-,22+,26+,27?/m1/s1. The van der Waals surface area contributed by atoms with Crippen LogP contribution in [0, 0.1) is 17.8 Å². The first-order chi connectivity index (χ1) is 16.6. The smallest absolute Gasteiger partial charge is 0.331 e. The molecule has 194 valence electrons. The Morgan fingerprint density at radius 1 is 1.20 bits per heavy atom. The van der Waals surface area contributed by atoms with Crippen molar-refractivity contribution in [1.29, 1.82) is 0 Å². The highest BCUT2D eigenvalue weighted by Gasteiger charge is 2.31. The maximum atomic E-state index is 13.0. The molecule has 0 aromatic carbocycles. The second-order valence-corrected chi connectivity index (χ2v) is 9.62. The zero-order valence-corrected chi connectivity index (χ0v) is 21.2. The van der Waals surface area contributed by atoms with Gasteiger partial charge in [-0.1, -0.05) is 38.2 Å². The molecule has 1 saturated heterocycles. The third-order valence-corrected chi connectivity index (χ3v) is 6.67. The van der Waals surface area contributed by atoms with Crippen molar-refractivity contribution >= 4 is 23.6 Å². The number of methoxy groups -OCH3 is 1. The van der Waals surface area contributed by atoms with Gasteiger partial charge in [0, 0.05) is 38.4 Å². The number of rotatable bonds is 7. The van der Waals surface area contributed by atoms with Gasteiger partial charge in [0.25, 0.3) is 0 Å².